The van der Waals surface area contributed by atoms with E-state index in [0.29, 0.717) is 0 Å². The van der Waals surface area contributed by atoms with Crippen LogP contribution in [0.15, 0.2) is 23.8 Å². The Balaban J connectivity index is 2.19. The van der Waals surface area contributed by atoms with Crippen LogP contribution in [0.25, 0.3) is 11.2 Å². The number of fused-ring (bicyclic) bond motifs is 1. The van der Waals surface area contributed by atoms with Crippen molar-refractivity contribution in [2.24, 2.45) is 0 Å². The minimum atomic E-state index is -3.80. The summed E-state index contributed by atoms with van der Waals surface area (Å²) in [6.07, 6.45) is -2.58. The largest absolute Gasteiger partial charge is 0.393 e. The maximum Gasteiger partial charge on any atom is 0.320 e. The van der Waals surface area contributed by atoms with E-state index in [1.807, 2.05) is 0 Å². The van der Waals surface area contributed by atoms with Gasteiger partial charge in [0.15, 0.2) is 17.3 Å². The first kappa shape index (κ1) is 15.5. The normalized spacial score (nSPS) is 29.9. The Labute approximate surface area is 127 Å². The van der Waals surface area contributed by atoms with Gasteiger partial charge in [0, 0.05) is 0 Å². The van der Waals surface area contributed by atoms with Gasteiger partial charge in [-0.3, -0.25) is 14.3 Å². The summed E-state index contributed by atoms with van der Waals surface area (Å²) in [6.45, 7) is 2.40. The molecule has 2 aromatic rings. The van der Waals surface area contributed by atoms with Gasteiger partial charge >= 0.3 is 5.92 Å². The van der Waals surface area contributed by atoms with Crippen molar-refractivity contribution in [3.05, 3.63) is 29.3 Å². The number of rotatable bonds is 3. The van der Waals surface area contributed by atoms with E-state index in [2.05, 4.69) is 21.5 Å². The summed E-state index contributed by atoms with van der Waals surface area (Å²) in [5.41, 5.74) is 2.20. The first-order valence-corrected chi connectivity index (χ1v) is 6.47. The van der Waals surface area contributed by atoms with Crippen LogP contribution in [0.1, 0.15) is 6.23 Å². The molecule has 124 valence electrons. The first-order chi connectivity index (χ1) is 10.8. The maximum absolute atomic E-state index is 14.4. The van der Waals surface area contributed by atoms with Gasteiger partial charge in [-0.15, -0.1) is 6.58 Å². The Morgan fingerprint density at radius 3 is 2.87 bits per heavy atom. The Morgan fingerprint density at radius 2 is 2.30 bits per heavy atom. The molecule has 3 atom stereocenters. The number of aliphatic hydroxyl groups is 2. The predicted molar refractivity (Wildman–Crippen MR) is 73.7 cm³/mol. The fraction of sp³-hybridized carbons (Fsp3) is 0.417. The van der Waals surface area contributed by atoms with Crippen molar-refractivity contribution in [1.29, 1.82) is 0 Å². The maximum atomic E-state index is 14.4. The van der Waals surface area contributed by atoms with Gasteiger partial charge in [-0.1, -0.05) is 6.08 Å². The van der Waals surface area contributed by atoms with E-state index in [0.717, 1.165) is 17.0 Å². The Kier molecular flexibility index (Phi) is 3.25. The molecule has 0 aromatic carbocycles. The number of nitrogens with zero attached hydrogens (tertiary/aromatic N) is 3. The molecule has 0 spiro atoms. The number of aromatic nitrogens is 4. The van der Waals surface area contributed by atoms with Crippen LogP contribution in [0, 0.1) is 0 Å². The van der Waals surface area contributed by atoms with Crippen molar-refractivity contribution in [1.82, 2.24) is 19.5 Å². The van der Waals surface area contributed by atoms with Gasteiger partial charge in [0.2, 0.25) is 12.2 Å². The minimum absolute atomic E-state index is 0.215. The second-order valence-corrected chi connectivity index (χ2v) is 5.14. The van der Waals surface area contributed by atoms with Crippen LogP contribution < -0.4 is 11.3 Å². The molecule has 23 heavy (non-hydrogen) atoms. The first-order valence-electron chi connectivity index (χ1n) is 6.47. The molecule has 9 nitrogen and oxygen atoms in total. The van der Waals surface area contributed by atoms with E-state index in [4.69, 9.17) is 10.5 Å². The second kappa shape index (κ2) is 4.81. The Morgan fingerprint density at radius 1 is 1.61 bits per heavy atom. The third-order valence-electron chi connectivity index (χ3n) is 3.78. The van der Waals surface area contributed by atoms with Crippen molar-refractivity contribution in [2.75, 3.05) is 12.3 Å². The van der Waals surface area contributed by atoms with Crippen LogP contribution in [0.4, 0.5) is 14.7 Å². The van der Waals surface area contributed by atoms with Gasteiger partial charge in [-0.2, -0.15) is 13.8 Å². The third kappa shape index (κ3) is 1.97. The molecule has 0 bridgehead atoms. The molecule has 1 saturated heterocycles. The Hall–Kier alpha value is -2.37. The summed E-state index contributed by atoms with van der Waals surface area (Å²) in [5.74, 6) is -4.09. The molecule has 0 radical (unpaired) electrons. The zero-order valence-electron chi connectivity index (χ0n) is 11.6. The van der Waals surface area contributed by atoms with E-state index < -0.39 is 36.0 Å². The lowest BCUT2D eigenvalue weighted by molar-refractivity contribution is -0.139. The van der Waals surface area contributed by atoms with Gasteiger partial charge in [-0.25, -0.2) is 4.98 Å². The quantitative estimate of drug-likeness (QED) is 0.537. The molecule has 1 fully saturated rings. The van der Waals surface area contributed by atoms with Gasteiger partial charge in [0.25, 0.3) is 5.56 Å². The van der Waals surface area contributed by atoms with Crippen molar-refractivity contribution in [3.8, 4) is 0 Å². The molecule has 0 amide bonds. The summed E-state index contributed by atoms with van der Waals surface area (Å²) >= 11 is 0. The SMILES string of the molecule is C=CC1(CO)OC(n2cnc3c(=O)[nH]c(N)nc32)C(F)(F)C1O. The van der Waals surface area contributed by atoms with Crippen molar-refractivity contribution in [2.45, 2.75) is 23.9 Å². The number of nitrogen functional groups attached to an aromatic ring is 1. The summed E-state index contributed by atoms with van der Waals surface area (Å²) in [7, 11) is 0. The smallest absolute Gasteiger partial charge is 0.320 e. The number of hydrogen-bond donors (Lipinski definition) is 4. The number of anilines is 1. The zero-order chi connectivity index (χ0) is 17.0. The number of imidazole rings is 1. The molecular formula is C12H13F2N5O4. The molecule has 0 aliphatic carbocycles. The van der Waals surface area contributed by atoms with Crippen molar-refractivity contribution >= 4 is 17.1 Å². The van der Waals surface area contributed by atoms with Gasteiger partial charge in [-0.05, 0) is 0 Å². The van der Waals surface area contributed by atoms with Gasteiger partial charge < -0.3 is 20.7 Å². The molecular weight excluding hydrogens is 316 g/mol. The number of ether oxygens (including phenoxy) is 1. The van der Waals surface area contributed by atoms with Crippen LogP contribution in [0.5, 0.6) is 0 Å². The molecule has 3 unspecified atom stereocenters. The summed E-state index contributed by atoms with van der Waals surface area (Å²) in [6, 6.07) is 0. The molecule has 0 saturated carbocycles. The minimum Gasteiger partial charge on any atom is -0.393 e. The molecule has 2 aromatic heterocycles. The highest BCUT2D eigenvalue weighted by Crippen LogP contribution is 2.48. The highest BCUT2D eigenvalue weighted by Gasteiger charge is 2.65. The highest BCUT2D eigenvalue weighted by molar-refractivity contribution is 5.70. The lowest BCUT2D eigenvalue weighted by atomic mass is 9.96. The van der Waals surface area contributed by atoms with E-state index in [-0.39, 0.29) is 17.1 Å². The van der Waals surface area contributed by atoms with Crippen molar-refractivity contribution < 1.29 is 23.7 Å². The summed E-state index contributed by atoms with van der Waals surface area (Å²) in [4.78, 5) is 21.4. The average molecular weight is 329 g/mol. The number of nitrogens with two attached hydrogens (primary N) is 1. The van der Waals surface area contributed by atoms with Crippen LogP contribution in [0.3, 0.4) is 0 Å². The van der Waals surface area contributed by atoms with Crippen LogP contribution >= 0.6 is 0 Å². The zero-order valence-corrected chi connectivity index (χ0v) is 11.6. The average Bonchev–Trinajstić information content (AvgIpc) is 2.99. The van der Waals surface area contributed by atoms with E-state index in [1.54, 1.807) is 0 Å². The molecule has 3 heterocycles. The number of H-pyrrole nitrogens is 1. The number of hydrogen-bond acceptors (Lipinski definition) is 7. The van der Waals surface area contributed by atoms with Crippen molar-refractivity contribution in [3.63, 3.8) is 0 Å². The Bertz CT molecular complexity index is 834. The number of nitrogens with one attached hydrogen (secondary N) is 1. The number of alkyl halides is 2. The molecule has 1 aliphatic heterocycles. The summed E-state index contributed by atoms with van der Waals surface area (Å²) < 4.78 is 34.8. The number of halogens is 2. The van der Waals surface area contributed by atoms with Crippen LogP contribution in [0.2, 0.25) is 0 Å². The molecule has 3 rings (SSSR count). The molecule has 11 heteroatoms. The number of aromatic amines is 1. The summed E-state index contributed by atoms with van der Waals surface area (Å²) in [5, 5.41) is 19.2. The monoisotopic (exact) mass is 329 g/mol. The third-order valence-corrected chi connectivity index (χ3v) is 3.78. The van der Waals surface area contributed by atoms with Crippen LogP contribution in [-0.4, -0.2) is 54.0 Å². The predicted octanol–water partition coefficient (Wildman–Crippen LogP) is -0.856. The lowest BCUT2D eigenvalue weighted by Crippen LogP contribution is -2.47. The van der Waals surface area contributed by atoms with E-state index >= 15 is 0 Å². The van der Waals surface area contributed by atoms with E-state index in [1.165, 1.54) is 0 Å². The lowest BCUT2D eigenvalue weighted by Gasteiger charge is -2.25. The van der Waals surface area contributed by atoms with Crippen LogP contribution in [-0.2, 0) is 4.74 Å². The van der Waals surface area contributed by atoms with Gasteiger partial charge in [0.1, 0.15) is 5.60 Å². The van der Waals surface area contributed by atoms with E-state index in [9.17, 15) is 23.8 Å². The fourth-order valence-corrected chi connectivity index (χ4v) is 2.52. The van der Waals surface area contributed by atoms with Gasteiger partial charge in [0.05, 0.1) is 12.9 Å². The standard InChI is InChI=1S/C12H13F2N5O4/c1-2-11(3-20)8(22)12(13,14)9(23-11)19-4-16-5-6(19)17-10(15)18-7(5)21/h2,4,8-9,20,22H,1,3H2,(H3,15,17,18,21). The molecule has 1 aliphatic rings. The number of aliphatic hydroxyl groups excluding tert-OH is 2. The topological polar surface area (TPSA) is 139 Å². The molecule has 5 N–H and O–H groups in total. The second-order valence-electron chi connectivity index (χ2n) is 5.14. The highest BCUT2D eigenvalue weighted by atomic mass is 19.3. The fourth-order valence-electron chi connectivity index (χ4n) is 2.52.